The summed E-state index contributed by atoms with van der Waals surface area (Å²) in [6, 6.07) is 0. The summed E-state index contributed by atoms with van der Waals surface area (Å²) in [5.74, 6) is -2.12. The largest absolute Gasteiger partial charge is 0.481 e. The first-order valence-electron chi connectivity index (χ1n) is 6.95. The molecule has 1 aliphatic rings. The van der Waals surface area contributed by atoms with Gasteiger partial charge in [-0.15, -0.1) is 0 Å². The number of hydrogen-bond donors (Lipinski definition) is 3. The van der Waals surface area contributed by atoms with Crippen LogP contribution < -0.4 is 5.32 Å². The Morgan fingerprint density at radius 2 is 1.74 bits per heavy atom. The van der Waals surface area contributed by atoms with Crippen molar-refractivity contribution in [3.8, 4) is 0 Å². The van der Waals surface area contributed by atoms with E-state index in [0.29, 0.717) is 0 Å². The molecule has 0 aliphatic heterocycles. The number of nitrogens with one attached hydrogen (secondary N) is 1. The fraction of sp³-hybridized carbons (Fsp3) is 0.857. The molecule has 5 nitrogen and oxygen atoms in total. The quantitative estimate of drug-likeness (QED) is 0.650. The molecule has 0 heterocycles. The average molecular weight is 271 g/mol. The normalized spacial score (nSPS) is 26.0. The number of carboxylic acid groups (broad SMARTS) is 1. The Morgan fingerprint density at radius 3 is 2.11 bits per heavy atom. The molecule has 0 aromatic heterocycles. The molecule has 110 valence electrons. The van der Waals surface area contributed by atoms with E-state index in [9.17, 15) is 14.7 Å². The fourth-order valence-electron chi connectivity index (χ4n) is 2.90. The SMILES string of the molecule is CCC(CC)C(O)CNC(=O)C1C(C(=O)O)C1(C)C. The third-order valence-corrected chi connectivity index (χ3v) is 4.45. The Hall–Kier alpha value is -1.10. The van der Waals surface area contributed by atoms with Gasteiger partial charge in [-0.1, -0.05) is 40.5 Å². The molecular formula is C14H25NO4. The van der Waals surface area contributed by atoms with Crippen molar-refractivity contribution in [2.75, 3.05) is 6.54 Å². The molecule has 1 fully saturated rings. The molecule has 0 spiro atoms. The van der Waals surface area contributed by atoms with Crippen molar-refractivity contribution in [3.63, 3.8) is 0 Å². The van der Waals surface area contributed by atoms with Crippen molar-refractivity contribution in [1.29, 1.82) is 0 Å². The molecule has 5 heteroatoms. The van der Waals surface area contributed by atoms with E-state index in [0.717, 1.165) is 12.8 Å². The minimum atomic E-state index is -0.925. The number of carbonyl (C=O) groups is 2. The minimum absolute atomic E-state index is 0.169. The van der Waals surface area contributed by atoms with Crippen LogP contribution in [0.2, 0.25) is 0 Å². The van der Waals surface area contributed by atoms with Crippen molar-refractivity contribution in [1.82, 2.24) is 5.32 Å². The first kappa shape index (κ1) is 16.0. The fourth-order valence-corrected chi connectivity index (χ4v) is 2.90. The molecule has 0 saturated heterocycles. The van der Waals surface area contributed by atoms with Crippen molar-refractivity contribution < 1.29 is 19.8 Å². The number of hydrogen-bond acceptors (Lipinski definition) is 3. The monoisotopic (exact) mass is 271 g/mol. The zero-order valence-corrected chi connectivity index (χ0v) is 12.1. The molecule has 0 radical (unpaired) electrons. The average Bonchev–Trinajstić information content (AvgIpc) is 2.91. The highest BCUT2D eigenvalue weighted by Gasteiger charge is 2.65. The zero-order valence-electron chi connectivity index (χ0n) is 12.1. The first-order valence-corrected chi connectivity index (χ1v) is 6.95. The van der Waals surface area contributed by atoms with Crippen LogP contribution in [0.4, 0.5) is 0 Å². The highest BCUT2D eigenvalue weighted by atomic mass is 16.4. The van der Waals surface area contributed by atoms with Gasteiger partial charge in [0.25, 0.3) is 0 Å². The third kappa shape index (κ3) is 3.26. The van der Waals surface area contributed by atoms with Crippen LogP contribution >= 0.6 is 0 Å². The zero-order chi connectivity index (χ0) is 14.8. The second-order valence-corrected chi connectivity index (χ2v) is 6.00. The van der Waals surface area contributed by atoms with Crippen molar-refractivity contribution in [3.05, 3.63) is 0 Å². The van der Waals surface area contributed by atoms with Crippen LogP contribution in [0.5, 0.6) is 0 Å². The van der Waals surface area contributed by atoms with E-state index >= 15 is 0 Å². The van der Waals surface area contributed by atoms with Crippen molar-refractivity contribution >= 4 is 11.9 Å². The van der Waals surface area contributed by atoms with Gasteiger partial charge in [0.2, 0.25) is 5.91 Å². The molecule has 3 unspecified atom stereocenters. The first-order chi connectivity index (χ1) is 8.77. The van der Waals surface area contributed by atoms with Crippen LogP contribution in [0, 0.1) is 23.2 Å². The number of carbonyl (C=O) groups excluding carboxylic acids is 1. The summed E-state index contributed by atoms with van der Waals surface area (Å²) in [7, 11) is 0. The maximum absolute atomic E-state index is 12.0. The maximum atomic E-state index is 12.0. The van der Waals surface area contributed by atoms with Crippen LogP contribution in [0.3, 0.4) is 0 Å². The highest BCUT2D eigenvalue weighted by molar-refractivity contribution is 5.91. The Balaban J connectivity index is 2.47. The van der Waals surface area contributed by atoms with Crippen molar-refractivity contribution in [2.24, 2.45) is 23.2 Å². The predicted molar refractivity (Wildman–Crippen MR) is 71.5 cm³/mol. The Bertz CT molecular complexity index is 349. The van der Waals surface area contributed by atoms with Gasteiger partial charge >= 0.3 is 5.97 Å². The highest BCUT2D eigenvalue weighted by Crippen LogP contribution is 2.58. The number of aliphatic carboxylic acids is 1. The van der Waals surface area contributed by atoms with Gasteiger partial charge in [0.05, 0.1) is 17.9 Å². The van der Waals surface area contributed by atoms with E-state index in [1.165, 1.54) is 0 Å². The molecular weight excluding hydrogens is 246 g/mol. The second kappa shape index (κ2) is 5.90. The Kier molecular flexibility index (Phi) is 4.96. The van der Waals surface area contributed by atoms with Crippen LogP contribution in [-0.2, 0) is 9.59 Å². The summed E-state index contributed by atoms with van der Waals surface area (Å²) in [5, 5.41) is 21.6. The van der Waals surface area contributed by atoms with Gasteiger partial charge in [0.15, 0.2) is 0 Å². The van der Waals surface area contributed by atoms with Gasteiger partial charge in [0, 0.05) is 6.54 Å². The molecule has 3 atom stereocenters. The minimum Gasteiger partial charge on any atom is -0.481 e. The lowest BCUT2D eigenvalue weighted by molar-refractivity contribution is -0.140. The number of carboxylic acids is 1. The summed E-state index contributed by atoms with van der Waals surface area (Å²) in [6.07, 6.45) is 1.16. The van der Waals surface area contributed by atoms with E-state index in [1.807, 2.05) is 13.8 Å². The number of rotatable bonds is 7. The molecule has 1 rings (SSSR count). The third-order valence-electron chi connectivity index (χ3n) is 4.45. The molecule has 0 bridgehead atoms. The summed E-state index contributed by atoms with van der Waals surface area (Å²) in [4.78, 5) is 23.0. The number of aliphatic hydroxyl groups excluding tert-OH is 1. The van der Waals surface area contributed by atoms with Crippen LogP contribution in [-0.4, -0.2) is 34.7 Å². The molecule has 0 aromatic carbocycles. The lowest BCUT2D eigenvalue weighted by Gasteiger charge is -2.20. The molecule has 0 aromatic rings. The van der Waals surface area contributed by atoms with E-state index < -0.39 is 29.3 Å². The van der Waals surface area contributed by atoms with E-state index in [4.69, 9.17) is 5.11 Å². The number of amides is 1. The van der Waals surface area contributed by atoms with Crippen LogP contribution in [0.25, 0.3) is 0 Å². The predicted octanol–water partition coefficient (Wildman–Crippen LogP) is 1.26. The summed E-state index contributed by atoms with van der Waals surface area (Å²) in [6.45, 7) is 7.78. The topological polar surface area (TPSA) is 86.6 Å². The Morgan fingerprint density at radius 1 is 1.21 bits per heavy atom. The number of aliphatic hydroxyl groups is 1. The molecule has 1 amide bonds. The van der Waals surface area contributed by atoms with E-state index in [2.05, 4.69) is 5.32 Å². The van der Waals surface area contributed by atoms with Crippen molar-refractivity contribution in [2.45, 2.75) is 46.6 Å². The van der Waals surface area contributed by atoms with E-state index in [-0.39, 0.29) is 18.4 Å². The van der Waals surface area contributed by atoms with Crippen LogP contribution in [0.15, 0.2) is 0 Å². The van der Waals surface area contributed by atoms with Gasteiger partial charge in [-0.25, -0.2) is 0 Å². The Labute approximate surface area is 114 Å². The second-order valence-electron chi connectivity index (χ2n) is 6.00. The van der Waals surface area contributed by atoms with Gasteiger partial charge in [0.1, 0.15) is 0 Å². The molecule has 1 aliphatic carbocycles. The van der Waals surface area contributed by atoms with Gasteiger partial charge < -0.3 is 15.5 Å². The molecule has 19 heavy (non-hydrogen) atoms. The maximum Gasteiger partial charge on any atom is 0.307 e. The summed E-state index contributed by atoms with van der Waals surface area (Å²) < 4.78 is 0. The van der Waals surface area contributed by atoms with Crippen LogP contribution in [0.1, 0.15) is 40.5 Å². The standard InChI is InChI=1S/C14H25NO4/c1-5-8(6-2)9(16)7-15-12(17)10-11(13(18)19)14(10,3)4/h8-11,16H,5-7H2,1-4H3,(H,15,17)(H,18,19). The lowest BCUT2D eigenvalue weighted by atomic mass is 9.96. The molecule has 1 saturated carbocycles. The lowest BCUT2D eigenvalue weighted by Crippen LogP contribution is -2.37. The summed E-state index contributed by atoms with van der Waals surface area (Å²) in [5.41, 5.74) is -0.490. The summed E-state index contributed by atoms with van der Waals surface area (Å²) >= 11 is 0. The van der Waals surface area contributed by atoms with Gasteiger partial charge in [-0.2, -0.15) is 0 Å². The smallest absolute Gasteiger partial charge is 0.307 e. The van der Waals surface area contributed by atoms with Gasteiger partial charge in [-0.3, -0.25) is 9.59 Å². The molecule has 3 N–H and O–H groups in total. The van der Waals surface area contributed by atoms with Gasteiger partial charge in [-0.05, 0) is 11.3 Å². The van der Waals surface area contributed by atoms with E-state index in [1.54, 1.807) is 13.8 Å².